The molecular weight excluding hydrogens is 268 g/mol. The summed E-state index contributed by atoms with van der Waals surface area (Å²) >= 11 is 0. The van der Waals surface area contributed by atoms with Crippen LogP contribution in [0.3, 0.4) is 0 Å². The largest absolute Gasteiger partial charge is 0.381 e. The lowest BCUT2D eigenvalue weighted by atomic mass is 9.89. The number of ether oxygens (including phenoxy) is 1. The highest BCUT2D eigenvalue weighted by Crippen LogP contribution is 2.21. The topological polar surface area (TPSA) is 90.1 Å². The van der Waals surface area contributed by atoms with Crippen LogP contribution in [-0.2, 0) is 4.74 Å². The normalized spacial score (nSPS) is 17.6. The van der Waals surface area contributed by atoms with Crippen LogP contribution in [0.4, 0.5) is 0 Å². The Morgan fingerprint density at radius 3 is 2.81 bits per heavy atom. The summed E-state index contributed by atoms with van der Waals surface area (Å²) in [5.41, 5.74) is 7.33. The first-order valence-electron chi connectivity index (χ1n) is 7.04. The van der Waals surface area contributed by atoms with Gasteiger partial charge in [-0.15, -0.1) is 0 Å². The zero-order valence-corrected chi connectivity index (χ0v) is 11.7. The molecule has 0 spiro atoms. The number of nitrogens with two attached hydrogens (primary N) is 1. The molecule has 0 bridgehead atoms. The van der Waals surface area contributed by atoms with E-state index in [4.69, 9.17) is 10.5 Å². The van der Waals surface area contributed by atoms with Gasteiger partial charge in [-0.3, -0.25) is 14.8 Å². The van der Waals surface area contributed by atoms with Gasteiger partial charge < -0.3 is 15.8 Å². The molecule has 1 aliphatic heterocycles. The Hall–Kier alpha value is -2.05. The van der Waals surface area contributed by atoms with Crippen molar-refractivity contribution in [3.8, 4) is 0 Å². The summed E-state index contributed by atoms with van der Waals surface area (Å²) in [4.78, 5) is 21.1. The van der Waals surface area contributed by atoms with Gasteiger partial charge in [0.05, 0.1) is 16.6 Å². The van der Waals surface area contributed by atoms with Crippen LogP contribution in [0.1, 0.15) is 23.2 Å². The van der Waals surface area contributed by atoms with E-state index in [-0.39, 0.29) is 11.4 Å². The highest BCUT2D eigenvalue weighted by molar-refractivity contribution is 6.04. The quantitative estimate of drug-likeness (QED) is 0.873. The van der Waals surface area contributed by atoms with Gasteiger partial charge in [-0.2, -0.15) is 0 Å². The number of carbonyl (C=O) groups excluding carboxylic acids is 1. The van der Waals surface area contributed by atoms with Crippen LogP contribution < -0.4 is 11.1 Å². The number of rotatable bonds is 3. The summed E-state index contributed by atoms with van der Waals surface area (Å²) in [5.74, 6) is -0.159. The average molecular weight is 286 g/mol. The van der Waals surface area contributed by atoms with Crippen molar-refractivity contribution in [1.29, 1.82) is 0 Å². The first kappa shape index (κ1) is 13.9. The smallest absolute Gasteiger partial charge is 0.254 e. The van der Waals surface area contributed by atoms with E-state index in [1.54, 1.807) is 18.5 Å². The van der Waals surface area contributed by atoms with Gasteiger partial charge in [0.15, 0.2) is 0 Å². The van der Waals surface area contributed by atoms with Crippen molar-refractivity contribution in [3.05, 3.63) is 36.2 Å². The predicted octanol–water partition coefficient (Wildman–Crippen LogP) is 0.867. The number of carbonyl (C=O) groups is 1. The molecule has 1 aliphatic rings. The van der Waals surface area contributed by atoms with E-state index in [9.17, 15) is 4.79 Å². The third-order valence-corrected chi connectivity index (χ3v) is 3.96. The zero-order valence-electron chi connectivity index (χ0n) is 11.7. The SMILES string of the molecule is NCC1(NC(=O)c2cccc3nccnc23)CCOCC1. The molecule has 1 saturated heterocycles. The molecule has 0 unspecified atom stereocenters. The molecule has 1 amide bonds. The predicted molar refractivity (Wildman–Crippen MR) is 78.8 cm³/mol. The van der Waals surface area contributed by atoms with Gasteiger partial charge >= 0.3 is 0 Å². The lowest BCUT2D eigenvalue weighted by Gasteiger charge is -2.37. The third kappa shape index (κ3) is 2.72. The number of fused-ring (bicyclic) bond motifs is 1. The highest BCUT2D eigenvalue weighted by atomic mass is 16.5. The molecule has 6 heteroatoms. The second-order valence-corrected chi connectivity index (χ2v) is 5.28. The Morgan fingerprint density at radius 1 is 1.29 bits per heavy atom. The Morgan fingerprint density at radius 2 is 2.05 bits per heavy atom. The molecule has 3 rings (SSSR count). The van der Waals surface area contributed by atoms with E-state index < -0.39 is 0 Å². The number of hydrogen-bond donors (Lipinski definition) is 2. The highest BCUT2D eigenvalue weighted by Gasteiger charge is 2.33. The van der Waals surface area contributed by atoms with Crippen molar-refractivity contribution in [2.45, 2.75) is 18.4 Å². The minimum absolute atomic E-state index is 0.159. The molecule has 2 heterocycles. The zero-order chi connectivity index (χ0) is 14.7. The summed E-state index contributed by atoms with van der Waals surface area (Å²) in [5, 5.41) is 3.08. The summed E-state index contributed by atoms with van der Waals surface area (Å²) in [6, 6.07) is 5.41. The fraction of sp³-hybridized carbons (Fsp3) is 0.400. The van der Waals surface area contributed by atoms with Crippen LogP contribution in [0.2, 0.25) is 0 Å². The summed E-state index contributed by atoms with van der Waals surface area (Å²) in [7, 11) is 0. The number of nitrogens with zero attached hydrogens (tertiary/aromatic N) is 2. The molecule has 110 valence electrons. The molecule has 1 aromatic heterocycles. The van der Waals surface area contributed by atoms with Gasteiger partial charge in [-0.1, -0.05) is 6.07 Å². The molecule has 3 N–H and O–H groups in total. The van der Waals surface area contributed by atoms with Crippen LogP contribution in [0.5, 0.6) is 0 Å². The molecule has 6 nitrogen and oxygen atoms in total. The van der Waals surface area contributed by atoms with Gasteiger partial charge in [0.1, 0.15) is 5.52 Å². The third-order valence-electron chi connectivity index (χ3n) is 3.96. The Balaban J connectivity index is 1.90. The molecule has 0 aliphatic carbocycles. The second kappa shape index (κ2) is 5.75. The first-order chi connectivity index (χ1) is 10.2. The number of para-hydroxylation sites is 1. The number of nitrogens with one attached hydrogen (secondary N) is 1. The van der Waals surface area contributed by atoms with Crippen molar-refractivity contribution in [1.82, 2.24) is 15.3 Å². The van der Waals surface area contributed by atoms with Gasteiger partial charge in [-0.05, 0) is 25.0 Å². The average Bonchev–Trinajstić information content (AvgIpc) is 2.55. The van der Waals surface area contributed by atoms with Crippen LogP contribution in [-0.4, -0.2) is 41.2 Å². The van der Waals surface area contributed by atoms with E-state index in [0.717, 1.165) is 12.8 Å². The Labute approximate surface area is 122 Å². The van der Waals surface area contributed by atoms with E-state index in [0.29, 0.717) is 36.4 Å². The molecular formula is C15H18N4O2. The minimum Gasteiger partial charge on any atom is -0.381 e. The fourth-order valence-electron chi connectivity index (χ4n) is 2.63. The second-order valence-electron chi connectivity index (χ2n) is 5.28. The lowest BCUT2D eigenvalue weighted by Crippen LogP contribution is -2.56. The number of benzene rings is 1. The van der Waals surface area contributed by atoms with Gasteiger partial charge in [0, 0.05) is 32.2 Å². The molecule has 0 radical (unpaired) electrons. The maximum absolute atomic E-state index is 12.6. The first-order valence-corrected chi connectivity index (χ1v) is 7.04. The fourth-order valence-corrected chi connectivity index (χ4v) is 2.63. The van der Waals surface area contributed by atoms with Crippen LogP contribution in [0, 0.1) is 0 Å². The van der Waals surface area contributed by atoms with Crippen molar-refractivity contribution in [3.63, 3.8) is 0 Å². The van der Waals surface area contributed by atoms with E-state index in [1.807, 2.05) is 12.1 Å². The Kier molecular flexibility index (Phi) is 3.81. The maximum atomic E-state index is 12.6. The standard InChI is InChI=1S/C15H18N4O2/c16-10-15(4-8-21-9-5-15)19-14(20)11-2-1-3-12-13(11)18-7-6-17-12/h1-3,6-7H,4-5,8-10,16H2,(H,19,20). The molecule has 1 aromatic carbocycles. The molecule has 2 aromatic rings. The molecule has 0 saturated carbocycles. The van der Waals surface area contributed by atoms with Gasteiger partial charge in [0.2, 0.25) is 0 Å². The maximum Gasteiger partial charge on any atom is 0.254 e. The number of aromatic nitrogens is 2. The van der Waals surface area contributed by atoms with Gasteiger partial charge in [0.25, 0.3) is 5.91 Å². The van der Waals surface area contributed by atoms with Crippen molar-refractivity contribution < 1.29 is 9.53 Å². The molecule has 0 atom stereocenters. The minimum atomic E-state index is -0.389. The monoisotopic (exact) mass is 286 g/mol. The van der Waals surface area contributed by atoms with Crippen molar-refractivity contribution >= 4 is 16.9 Å². The van der Waals surface area contributed by atoms with Crippen LogP contribution in [0.25, 0.3) is 11.0 Å². The summed E-state index contributed by atoms with van der Waals surface area (Å²) in [6.07, 6.45) is 4.66. The molecule has 21 heavy (non-hydrogen) atoms. The van der Waals surface area contributed by atoms with Gasteiger partial charge in [-0.25, -0.2) is 0 Å². The number of hydrogen-bond acceptors (Lipinski definition) is 5. The van der Waals surface area contributed by atoms with Crippen molar-refractivity contribution in [2.24, 2.45) is 5.73 Å². The Bertz CT molecular complexity index is 648. The van der Waals surface area contributed by atoms with Crippen LogP contribution in [0.15, 0.2) is 30.6 Å². The van der Waals surface area contributed by atoms with E-state index in [2.05, 4.69) is 15.3 Å². The van der Waals surface area contributed by atoms with Crippen molar-refractivity contribution in [2.75, 3.05) is 19.8 Å². The lowest BCUT2D eigenvalue weighted by molar-refractivity contribution is 0.0389. The van der Waals surface area contributed by atoms with E-state index >= 15 is 0 Å². The number of amides is 1. The van der Waals surface area contributed by atoms with E-state index in [1.165, 1.54) is 0 Å². The van der Waals surface area contributed by atoms with Crippen LogP contribution >= 0.6 is 0 Å². The summed E-state index contributed by atoms with van der Waals surface area (Å²) in [6.45, 7) is 1.64. The molecule has 1 fully saturated rings. The summed E-state index contributed by atoms with van der Waals surface area (Å²) < 4.78 is 5.35.